The van der Waals surface area contributed by atoms with Gasteiger partial charge in [-0.1, -0.05) is 6.92 Å². The second-order valence-corrected chi connectivity index (χ2v) is 6.01. The Balaban J connectivity index is 1.78. The second-order valence-electron chi connectivity index (χ2n) is 6.01. The number of carbonyl (C=O) groups excluding carboxylic acids is 2. The summed E-state index contributed by atoms with van der Waals surface area (Å²) < 4.78 is 5.46. The summed E-state index contributed by atoms with van der Waals surface area (Å²) in [6.45, 7) is 7.91. The van der Waals surface area contributed by atoms with Gasteiger partial charge in [0.1, 0.15) is 0 Å². The first kappa shape index (κ1) is 16.2. The van der Waals surface area contributed by atoms with Crippen molar-refractivity contribution >= 4 is 11.8 Å². The summed E-state index contributed by atoms with van der Waals surface area (Å²) in [4.78, 5) is 25.5. The van der Waals surface area contributed by atoms with Crippen molar-refractivity contribution in [3.63, 3.8) is 0 Å². The molecule has 2 saturated heterocycles. The standard InChI is InChI=1S/C15H27N3O3/c1-3-16-14-10-21-9-13(14)15(20)18-6-4-12(5-7-18)8-17-11(2)19/h12-14,16H,3-10H2,1-2H3,(H,17,19). The van der Waals surface area contributed by atoms with Crippen molar-refractivity contribution < 1.29 is 14.3 Å². The van der Waals surface area contributed by atoms with Crippen LogP contribution in [0.25, 0.3) is 0 Å². The molecule has 2 aliphatic heterocycles. The van der Waals surface area contributed by atoms with E-state index in [9.17, 15) is 9.59 Å². The summed E-state index contributed by atoms with van der Waals surface area (Å²) in [5, 5.41) is 6.20. The fourth-order valence-electron chi connectivity index (χ4n) is 3.14. The summed E-state index contributed by atoms with van der Waals surface area (Å²) in [7, 11) is 0. The van der Waals surface area contributed by atoms with E-state index in [1.165, 1.54) is 0 Å². The van der Waals surface area contributed by atoms with Crippen molar-refractivity contribution in [2.75, 3.05) is 39.4 Å². The first-order valence-electron chi connectivity index (χ1n) is 7.96. The van der Waals surface area contributed by atoms with E-state index in [1.54, 1.807) is 6.92 Å². The normalized spacial score (nSPS) is 26.9. The Morgan fingerprint density at radius 2 is 1.95 bits per heavy atom. The molecule has 0 radical (unpaired) electrons. The number of ether oxygens (including phenoxy) is 1. The van der Waals surface area contributed by atoms with Gasteiger partial charge in [-0.15, -0.1) is 0 Å². The zero-order valence-electron chi connectivity index (χ0n) is 13.1. The van der Waals surface area contributed by atoms with Gasteiger partial charge in [0, 0.05) is 32.6 Å². The van der Waals surface area contributed by atoms with Crippen molar-refractivity contribution in [1.82, 2.24) is 15.5 Å². The lowest BCUT2D eigenvalue weighted by molar-refractivity contribution is -0.137. The summed E-state index contributed by atoms with van der Waals surface area (Å²) in [5.41, 5.74) is 0. The van der Waals surface area contributed by atoms with Gasteiger partial charge in [0.05, 0.1) is 19.1 Å². The molecule has 2 N–H and O–H groups in total. The summed E-state index contributed by atoms with van der Waals surface area (Å²) in [6.07, 6.45) is 1.93. The highest BCUT2D eigenvalue weighted by Crippen LogP contribution is 2.22. The minimum atomic E-state index is -0.0446. The van der Waals surface area contributed by atoms with E-state index in [0.29, 0.717) is 19.1 Å². The number of hydrogen-bond acceptors (Lipinski definition) is 4. The summed E-state index contributed by atoms with van der Waals surface area (Å²) in [5.74, 6) is 0.681. The van der Waals surface area contributed by atoms with Crippen LogP contribution in [0.1, 0.15) is 26.7 Å². The molecule has 0 aromatic carbocycles. The highest BCUT2D eigenvalue weighted by Gasteiger charge is 2.37. The van der Waals surface area contributed by atoms with Crippen LogP contribution >= 0.6 is 0 Å². The van der Waals surface area contributed by atoms with Crippen LogP contribution in [0.15, 0.2) is 0 Å². The molecule has 2 unspecified atom stereocenters. The van der Waals surface area contributed by atoms with Gasteiger partial charge in [-0.25, -0.2) is 0 Å². The van der Waals surface area contributed by atoms with Gasteiger partial charge < -0.3 is 20.3 Å². The Kier molecular flexibility index (Phi) is 5.99. The molecule has 0 spiro atoms. The van der Waals surface area contributed by atoms with E-state index in [1.807, 2.05) is 11.8 Å². The van der Waals surface area contributed by atoms with Crippen LogP contribution in [0.3, 0.4) is 0 Å². The zero-order valence-corrected chi connectivity index (χ0v) is 13.1. The SMILES string of the molecule is CCNC1COCC1C(=O)N1CCC(CNC(C)=O)CC1. The third kappa shape index (κ3) is 4.41. The number of rotatable bonds is 5. The molecule has 2 aliphatic rings. The quantitative estimate of drug-likeness (QED) is 0.748. The fraction of sp³-hybridized carbons (Fsp3) is 0.867. The van der Waals surface area contributed by atoms with E-state index in [0.717, 1.165) is 39.0 Å². The maximum atomic E-state index is 12.6. The van der Waals surface area contributed by atoms with E-state index in [-0.39, 0.29) is 23.8 Å². The minimum absolute atomic E-state index is 0.0186. The van der Waals surface area contributed by atoms with Gasteiger partial charge in [-0.3, -0.25) is 9.59 Å². The highest BCUT2D eigenvalue weighted by molar-refractivity contribution is 5.80. The molecule has 0 bridgehead atoms. The Bertz CT molecular complexity index is 367. The van der Waals surface area contributed by atoms with Gasteiger partial charge in [0.15, 0.2) is 0 Å². The number of piperidine rings is 1. The molecule has 6 nitrogen and oxygen atoms in total. The number of nitrogens with one attached hydrogen (secondary N) is 2. The van der Waals surface area contributed by atoms with Crippen molar-refractivity contribution in [1.29, 1.82) is 0 Å². The number of carbonyl (C=O) groups is 2. The Morgan fingerprint density at radius 3 is 2.57 bits per heavy atom. The molecule has 120 valence electrons. The molecule has 2 rings (SSSR count). The van der Waals surface area contributed by atoms with Crippen LogP contribution in [-0.4, -0.2) is 62.1 Å². The number of nitrogens with zero attached hydrogens (tertiary/aromatic N) is 1. The first-order valence-corrected chi connectivity index (χ1v) is 7.96. The van der Waals surface area contributed by atoms with E-state index in [4.69, 9.17) is 4.74 Å². The molecule has 2 fully saturated rings. The molecule has 2 heterocycles. The summed E-state index contributed by atoms with van der Waals surface area (Å²) in [6, 6.07) is 0.152. The fourth-order valence-corrected chi connectivity index (χ4v) is 3.14. The topological polar surface area (TPSA) is 70.7 Å². The number of likely N-dealkylation sites (tertiary alicyclic amines) is 1. The van der Waals surface area contributed by atoms with Gasteiger partial charge in [0.25, 0.3) is 0 Å². The van der Waals surface area contributed by atoms with Crippen LogP contribution in [-0.2, 0) is 14.3 Å². The number of likely N-dealkylation sites (N-methyl/N-ethyl adjacent to an activating group) is 1. The Morgan fingerprint density at radius 1 is 1.24 bits per heavy atom. The Hall–Kier alpha value is -1.14. The number of amides is 2. The molecule has 0 saturated carbocycles. The van der Waals surface area contributed by atoms with Crippen molar-refractivity contribution in [2.45, 2.75) is 32.7 Å². The first-order chi connectivity index (χ1) is 10.1. The molecular formula is C15H27N3O3. The lowest BCUT2D eigenvalue weighted by Gasteiger charge is -2.34. The van der Waals surface area contributed by atoms with Crippen LogP contribution in [0.2, 0.25) is 0 Å². The lowest BCUT2D eigenvalue weighted by Crippen LogP contribution is -2.48. The monoisotopic (exact) mass is 297 g/mol. The third-order valence-corrected chi connectivity index (χ3v) is 4.43. The van der Waals surface area contributed by atoms with Gasteiger partial charge in [-0.2, -0.15) is 0 Å². The smallest absolute Gasteiger partial charge is 0.229 e. The van der Waals surface area contributed by atoms with Crippen LogP contribution in [0.4, 0.5) is 0 Å². The van der Waals surface area contributed by atoms with E-state index < -0.39 is 0 Å². The molecule has 0 aromatic rings. The van der Waals surface area contributed by atoms with E-state index >= 15 is 0 Å². The molecule has 21 heavy (non-hydrogen) atoms. The number of hydrogen-bond donors (Lipinski definition) is 2. The largest absolute Gasteiger partial charge is 0.379 e. The van der Waals surface area contributed by atoms with E-state index in [2.05, 4.69) is 10.6 Å². The summed E-state index contributed by atoms with van der Waals surface area (Å²) >= 11 is 0. The maximum Gasteiger partial charge on any atom is 0.229 e. The van der Waals surface area contributed by atoms with Crippen molar-refractivity contribution in [3.8, 4) is 0 Å². The van der Waals surface area contributed by atoms with Crippen LogP contribution < -0.4 is 10.6 Å². The predicted molar refractivity (Wildman–Crippen MR) is 79.8 cm³/mol. The van der Waals surface area contributed by atoms with Gasteiger partial charge in [0.2, 0.25) is 11.8 Å². The maximum absolute atomic E-state index is 12.6. The average Bonchev–Trinajstić information content (AvgIpc) is 2.93. The Labute approximate surface area is 126 Å². The zero-order chi connectivity index (χ0) is 15.2. The predicted octanol–water partition coefficient (Wildman–Crippen LogP) is -0.0144. The van der Waals surface area contributed by atoms with Crippen molar-refractivity contribution in [3.05, 3.63) is 0 Å². The highest BCUT2D eigenvalue weighted by atomic mass is 16.5. The van der Waals surface area contributed by atoms with Gasteiger partial charge >= 0.3 is 0 Å². The molecule has 6 heteroatoms. The third-order valence-electron chi connectivity index (χ3n) is 4.43. The average molecular weight is 297 g/mol. The minimum Gasteiger partial charge on any atom is -0.379 e. The molecular weight excluding hydrogens is 270 g/mol. The van der Waals surface area contributed by atoms with Crippen molar-refractivity contribution in [2.24, 2.45) is 11.8 Å². The lowest BCUT2D eigenvalue weighted by atomic mass is 9.94. The molecule has 2 amide bonds. The van der Waals surface area contributed by atoms with Crippen LogP contribution in [0, 0.1) is 11.8 Å². The second kappa shape index (κ2) is 7.75. The molecule has 2 atom stereocenters. The van der Waals surface area contributed by atoms with Gasteiger partial charge in [-0.05, 0) is 25.3 Å². The molecule has 0 aliphatic carbocycles. The molecule has 0 aromatic heterocycles. The van der Waals surface area contributed by atoms with Crippen LogP contribution in [0.5, 0.6) is 0 Å².